The number of amides is 1. The molecule has 1 aliphatic heterocycles. The SMILES string of the molecule is CS(=O)c1cccc(NC(=O)C2CNCCO2)c1. The third-order valence-corrected chi connectivity index (χ3v) is 3.57. The maximum atomic E-state index is 11.9. The van der Waals surface area contributed by atoms with Crippen LogP contribution < -0.4 is 10.6 Å². The molecule has 0 bridgehead atoms. The Morgan fingerprint density at radius 1 is 1.56 bits per heavy atom. The first-order valence-corrected chi connectivity index (χ1v) is 7.29. The molecule has 5 nitrogen and oxygen atoms in total. The Balaban J connectivity index is 2.02. The van der Waals surface area contributed by atoms with Crippen LogP contribution in [0.3, 0.4) is 0 Å². The second-order valence-electron chi connectivity index (χ2n) is 4.03. The van der Waals surface area contributed by atoms with Crippen molar-refractivity contribution in [1.82, 2.24) is 5.32 Å². The second-order valence-corrected chi connectivity index (χ2v) is 5.41. The van der Waals surface area contributed by atoms with E-state index < -0.39 is 16.9 Å². The van der Waals surface area contributed by atoms with E-state index in [0.29, 0.717) is 23.7 Å². The number of ether oxygens (including phenoxy) is 1. The lowest BCUT2D eigenvalue weighted by molar-refractivity contribution is -0.128. The van der Waals surface area contributed by atoms with Crippen molar-refractivity contribution >= 4 is 22.4 Å². The number of rotatable bonds is 3. The molecule has 0 saturated carbocycles. The Labute approximate surface area is 108 Å². The van der Waals surface area contributed by atoms with Crippen molar-refractivity contribution in [2.45, 2.75) is 11.0 Å². The van der Waals surface area contributed by atoms with E-state index in [2.05, 4.69) is 10.6 Å². The molecule has 2 rings (SSSR count). The van der Waals surface area contributed by atoms with Gasteiger partial charge in [0.25, 0.3) is 5.91 Å². The smallest absolute Gasteiger partial charge is 0.254 e. The Morgan fingerprint density at radius 3 is 3.06 bits per heavy atom. The predicted molar refractivity (Wildman–Crippen MR) is 70.0 cm³/mol. The molecule has 0 aromatic heterocycles. The zero-order valence-corrected chi connectivity index (χ0v) is 11.0. The third-order valence-electron chi connectivity index (χ3n) is 2.65. The highest BCUT2D eigenvalue weighted by atomic mass is 32.2. The zero-order chi connectivity index (χ0) is 13.0. The minimum Gasteiger partial charge on any atom is -0.366 e. The molecule has 98 valence electrons. The average molecular weight is 268 g/mol. The summed E-state index contributed by atoms with van der Waals surface area (Å²) in [5, 5.41) is 5.87. The van der Waals surface area contributed by atoms with Gasteiger partial charge >= 0.3 is 0 Å². The van der Waals surface area contributed by atoms with E-state index in [-0.39, 0.29) is 5.91 Å². The minimum absolute atomic E-state index is 0.179. The van der Waals surface area contributed by atoms with E-state index in [1.54, 1.807) is 30.5 Å². The molecule has 1 saturated heterocycles. The summed E-state index contributed by atoms with van der Waals surface area (Å²) in [6, 6.07) is 7.02. The number of benzene rings is 1. The Kier molecular flexibility index (Phi) is 4.46. The van der Waals surface area contributed by atoms with E-state index in [1.807, 2.05) is 0 Å². The molecule has 1 heterocycles. The topological polar surface area (TPSA) is 67.4 Å². The van der Waals surface area contributed by atoms with Gasteiger partial charge in [0.05, 0.1) is 6.61 Å². The lowest BCUT2D eigenvalue weighted by Crippen LogP contribution is -2.45. The molecule has 2 atom stereocenters. The summed E-state index contributed by atoms with van der Waals surface area (Å²) >= 11 is 0. The van der Waals surface area contributed by atoms with Crippen molar-refractivity contribution < 1.29 is 13.7 Å². The molecular weight excluding hydrogens is 252 g/mol. The quantitative estimate of drug-likeness (QED) is 0.830. The number of hydrogen-bond donors (Lipinski definition) is 2. The molecule has 0 radical (unpaired) electrons. The van der Waals surface area contributed by atoms with Crippen molar-refractivity contribution in [3.05, 3.63) is 24.3 Å². The molecule has 2 unspecified atom stereocenters. The summed E-state index contributed by atoms with van der Waals surface area (Å²) in [7, 11) is -1.05. The van der Waals surface area contributed by atoms with Crippen molar-refractivity contribution in [2.75, 3.05) is 31.3 Å². The lowest BCUT2D eigenvalue weighted by atomic mass is 10.2. The maximum Gasteiger partial charge on any atom is 0.254 e. The summed E-state index contributed by atoms with van der Waals surface area (Å²) in [6.45, 7) is 1.83. The highest BCUT2D eigenvalue weighted by Gasteiger charge is 2.21. The highest BCUT2D eigenvalue weighted by molar-refractivity contribution is 7.84. The van der Waals surface area contributed by atoms with Crippen LogP contribution in [0, 0.1) is 0 Å². The van der Waals surface area contributed by atoms with E-state index >= 15 is 0 Å². The van der Waals surface area contributed by atoms with Crippen LogP contribution in [0.15, 0.2) is 29.2 Å². The standard InChI is InChI=1S/C12H16N2O3S/c1-18(16)10-4-2-3-9(7-10)14-12(15)11-8-13-5-6-17-11/h2-4,7,11,13H,5-6,8H2,1H3,(H,14,15). The van der Waals surface area contributed by atoms with Crippen LogP contribution in [-0.2, 0) is 20.3 Å². The first kappa shape index (κ1) is 13.2. The number of anilines is 1. The van der Waals surface area contributed by atoms with Gasteiger partial charge in [0.2, 0.25) is 0 Å². The molecule has 1 fully saturated rings. The fourth-order valence-electron chi connectivity index (χ4n) is 1.71. The van der Waals surface area contributed by atoms with Crippen LogP contribution in [0.25, 0.3) is 0 Å². The van der Waals surface area contributed by atoms with Crippen molar-refractivity contribution in [2.24, 2.45) is 0 Å². The fraction of sp³-hybridized carbons (Fsp3) is 0.417. The zero-order valence-electron chi connectivity index (χ0n) is 10.1. The van der Waals surface area contributed by atoms with Crippen LogP contribution in [0.4, 0.5) is 5.69 Å². The van der Waals surface area contributed by atoms with Crippen LogP contribution in [-0.4, -0.2) is 42.2 Å². The first-order chi connectivity index (χ1) is 8.66. The average Bonchev–Trinajstić information content (AvgIpc) is 2.40. The Hall–Kier alpha value is -1.24. The van der Waals surface area contributed by atoms with E-state index in [9.17, 15) is 9.00 Å². The molecule has 2 N–H and O–H groups in total. The minimum atomic E-state index is -1.05. The third kappa shape index (κ3) is 3.38. The summed E-state index contributed by atoms with van der Waals surface area (Å²) in [5.74, 6) is -0.179. The van der Waals surface area contributed by atoms with Crippen LogP contribution >= 0.6 is 0 Å². The van der Waals surface area contributed by atoms with E-state index in [0.717, 1.165) is 6.54 Å². The number of carbonyl (C=O) groups excluding carboxylic acids is 1. The molecule has 1 amide bonds. The Bertz CT molecular complexity index is 458. The number of morpholine rings is 1. The first-order valence-electron chi connectivity index (χ1n) is 5.73. The van der Waals surface area contributed by atoms with Crippen LogP contribution in [0.1, 0.15) is 0 Å². The normalized spacial score (nSPS) is 21.3. The van der Waals surface area contributed by atoms with Crippen molar-refractivity contribution in [3.8, 4) is 0 Å². The predicted octanol–water partition coefficient (Wildman–Crippen LogP) is 0.351. The van der Waals surface area contributed by atoms with Gasteiger partial charge in [-0.3, -0.25) is 9.00 Å². The molecule has 6 heteroatoms. The van der Waals surface area contributed by atoms with Crippen LogP contribution in [0.5, 0.6) is 0 Å². The molecule has 0 spiro atoms. The van der Waals surface area contributed by atoms with Crippen LogP contribution in [0.2, 0.25) is 0 Å². The van der Waals surface area contributed by atoms with Gasteiger partial charge in [-0.1, -0.05) is 6.07 Å². The number of carbonyl (C=O) groups is 1. The highest BCUT2D eigenvalue weighted by Crippen LogP contribution is 2.14. The fourth-order valence-corrected chi connectivity index (χ4v) is 2.27. The molecule has 1 aromatic carbocycles. The largest absolute Gasteiger partial charge is 0.366 e. The van der Waals surface area contributed by atoms with E-state index in [4.69, 9.17) is 4.74 Å². The van der Waals surface area contributed by atoms with Gasteiger partial charge in [-0.05, 0) is 18.2 Å². The van der Waals surface area contributed by atoms with Gasteiger partial charge in [-0.2, -0.15) is 0 Å². The van der Waals surface area contributed by atoms with Gasteiger partial charge < -0.3 is 15.4 Å². The van der Waals surface area contributed by atoms with Crippen molar-refractivity contribution in [1.29, 1.82) is 0 Å². The summed E-state index contributed by atoms with van der Waals surface area (Å²) in [4.78, 5) is 12.6. The number of hydrogen-bond acceptors (Lipinski definition) is 4. The lowest BCUT2D eigenvalue weighted by Gasteiger charge is -2.22. The number of nitrogens with one attached hydrogen (secondary N) is 2. The monoisotopic (exact) mass is 268 g/mol. The molecule has 1 aromatic rings. The molecular formula is C12H16N2O3S. The van der Waals surface area contributed by atoms with E-state index in [1.165, 1.54) is 0 Å². The van der Waals surface area contributed by atoms with Gasteiger partial charge in [0.1, 0.15) is 6.10 Å². The molecule has 18 heavy (non-hydrogen) atoms. The molecule has 0 aliphatic carbocycles. The second kappa shape index (κ2) is 6.08. The molecule has 1 aliphatic rings. The summed E-state index contributed by atoms with van der Waals surface area (Å²) in [6.07, 6.45) is 1.14. The van der Waals surface area contributed by atoms with Crippen molar-refractivity contribution in [3.63, 3.8) is 0 Å². The Morgan fingerprint density at radius 2 is 2.39 bits per heavy atom. The maximum absolute atomic E-state index is 11.9. The van der Waals surface area contributed by atoms with Gasteiger partial charge in [-0.25, -0.2) is 0 Å². The van der Waals surface area contributed by atoms with Gasteiger partial charge in [0.15, 0.2) is 0 Å². The summed E-state index contributed by atoms with van der Waals surface area (Å²) < 4.78 is 16.7. The van der Waals surface area contributed by atoms with Gasteiger partial charge in [-0.15, -0.1) is 0 Å². The van der Waals surface area contributed by atoms with Gasteiger partial charge in [0, 0.05) is 40.7 Å². The summed E-state index contributed by atoms with van der Waals surface area (Å²) in [5.41, 5.74) is 0.641.